The van der Waals surface area contributed by atoms with Gasteiger partial charge in [-0.3, -0.25) is 5.32 Å². The van der Waals surface area contributed by atoms with Crippen LogP contribution in [0.15, 0.2) is 73.8 Å². The average Bonchev–Trinajstić information content (AvgIpc) is 3.43. The summed E-state index contributed by atoms with van der Waals surface area (Å²) in [7, 11) is 0. The first-order chi connectivity index (χ1) is 14.8. The lowest BCUT2D eigenvalue weighted by atomic mass is 10.2. The van der Waals surface area contributed by atoms with Crippen molar-refractivity contribution in [1.29, 1.82) is 0 Å². The number of nitrogens with one attached hydrogen (secondary N) is 1. The number of anilines is 2. The van der Waals surface area contributed by atoms with E-state index in [0.717, 1.165) is 17.1 Å². The molecule has 4 rings (SSSR count). The minimum atomic E-state index is -0.509. The highest BCUT2D eigenvalue weighted by Crippen LogP contribution is 2.14. The van der Waals surface area contributed by atoms with Crippen LogP contribution >= 0.6 is 0 Å². The smallest absolute Gasteiger partial charge is 0.412 e. The van der Waals surface area contributed by atoms with Crippen LogP contribution in [-0.4, -0.2) is 41.2 Å². The summed E-state index contributed by atoms with van der Waals surface area (Å²) in [6.07, 6.45) is 5.74. The summed E-state index contributed by atoms with van der Waals surface area (Å²) in [5.41, 5.74) is 8.27. The van der Waals surface area contributed by atoms with Gasteiger partial charge in [0.1, 0.15) is 30.9 Å². The highest BCUT2D eigenvalue weighted by molar-refractivity contribution is 5.84. The largest absolute Gasteiger partial charge is 0.444 e. The molecular formula is C21H24N8O2. The predicted molar refractivity (Wildman–Crippen MR) is 117 cm³/mol. The van der Waals surface area contributed by atoms with Crippen molar-refractivity contribution in [3.63, 3.8) is 0 Å². The van der Waals surface area contributed by atoms with E-state index in [9.17, 15) is 4.79 Å². The molecule has 2 heterocycles. The molecule has 0 unspecified atom stereocenters. The van der Waals surface area contributed by atoms with Gasteiger partial charge in [0.05, 0.1) is 11.4 Å². The maximum absolute atomic E-state index is 11.6. The van der Waals surface area contributed by atoms with Crippen molar-refractivity contribution in [2.75, 3.05) is 11.1 Å². The van der Waals surface area contributed by atoms with Crippen LogP contribution in [0.25, 0.3) is 11.4 Å². The van der Waals surface area contributed by atoms with Gasteiger partial charge in [-0.2, -0.15) is 10.2 Å². The number of aromatic nitrogens is 6. The van der Waals surface area contributed by atoms with Gasteiger partial charge in [0.25, 0.3) is 0 Å². The summed E-state index contributed by atoms with van der Waals surface area (Å²) in [6, 6.07) is 14.7. The molecule has 0 aliphatic heterocycles. The van der Waals surface area contributed by atoms with Gasteiger partial charge in [-0.15, -0.1) is 0 Å². The lowest BCUT2D eigenvalue weighted by Gasteiger charge is -2.19. The zero-order valence-corrected chi connectivity index (χ0v) is 17.5. The lowest BCUT2D eigenvalue weighted by molar-refractivity contribution is 0.0636. The quantitative estimate of drug-likeness (QED) is 0.486. The minimum absolute atomic E-state index is 0.471. The Kier molecular flexibility index (Phi) is 6.61. The van der Waals surface area contributed by atoms with Gasteiger partial charge in [-0.25, -0.2) is 24.1 Å². The monoisotopic (exact) mass is 420 g/mol. The number of amides is 1. The highest BCUT2D eigenvalue weighted by Gasteiger charge is 2.16. The standard InChI is InChI=1S/C13H16N4O2.C8H8N4/c1-13(2,3)19-12(18)16-10-4-6-11(7-5-10)17-9-14-8-15-17;9-7-1-3-8(4-2-7)12-6-10-5-11-12/h4-9H,1-3H3,(H,16,18);1-6H,9H2. The van der Waals surface area contributed by atoms with Crippen LogP contribution < -0.4 is 11.1 Å². The Morgan fingerprint density at radius 2 is 1.35 bits per heavy atom. The number of hydrogen-bond acceptors (Lipinski definition) is 7. The molecule has 0 spiro atoms. The van der Waals surface area contributed by atoms with Crippen molar-refractivity contribution < 1.29 is 9.53 Å². The van der Waals surface area contributed by atoms with Crippen LogP contribution in [0.2, 0.25) is 0 Å². The normalized spacial score (nSPS) is 10.7. The summed E-state index contributed by atoms with van der Waals surface area (Å²) in [5.74, 6) is 0. The van der Waals surface area contributed by atoms with E-state index in [1.54, 1.807) is 34.2 Å². The first kappa shape index (κ1) is 21.5. The molecule has 1 amide bonds. The highest BCUT2D eigenvalue weighted by atomic mass is 16.6. The fraction of sp³-hybridized carbons (Fsp3) is 0.190. The van der Waals surface area contributed by atoms with Gasteiger partial charge < -0.3 is 10.5 Å². The third kappa shape index (κ3) is 6.67. The van der Waals surface area contributed by atoms with Crippen molar-refractivity contribution in [2.24, 2.45) is 0 Å². The molecule has 0 aliphatic rings. The number of nitrogen functional groups attached to an aromatic ring is 1. The summed E-state index contributed by atoms with van der Waals surface area (Å²) in [6.45, 7) is 5.46. The van der Waals surface area contributed by atoms with E-state index < -0.39 is 11.7 Å². The molecule has 0 atom stereocenters. The molecule has 2 aromatic heterocycles. The molecule has 2 aromatic carbocycles. The van der Waals surface area contributed by atoms with E-state index >= 15 is 0 Å². The second-order valence-electron chi connectivity index (χ2n) is 7.45. The summed E-state index contributed by atoms with van der Waals surface area (Å²) < 4.78 is 8.48. The second kappa shape index (κ2) is 9.53. The first-order valence-corrected chi connectivity index (χ1v) is 9.46. The van der Waals surface area contributed by atoms with Gasteiger partial charge in [-0.1, -0.05) is 0 Å². The van der Waals surface area contributed by atoms with Crippen LogP contribution in [0.4, 0.5) is 16.2 Å². The number of benzene rings is 2. The van der Waals surface area contributed by atoms with E-state index in [1.165, 1.54) is 12.7 Å². The number of rotatable bonds is 3. The first-order valence-electron chi connectivity index (χ1n) is 9.46. The molecule has 0 bridgehead atoms. The van der Waals surface area contributed by atoms with Crippen molar-refractivity contribution >= 4 is 17.5 Å². The Labute approximate surface area is 179 Å². The maximum atomic E-state index is 11.6. The Bertz CT molecular complexity index is 1070. The number of carbonyl (C=O) groups is 1. The van der Waals surface area contributed by atoms with Crippen LogP contribution in [-0.2, 0) is 4.74 Å². The van der Waals surface area contributed by atoms with Crippen LogP contribution in [0.5, 0.6) is 0 Å². The SMILES string of the molecule is CC(C)(C)OC(=O)Nc1ccc(-n2cncn2)cc1.Nc1ccc(-n2cncn2)cc1. The molecule has 0 radical (unpaired) electrons. The molecule has 31 heavy (non-hydrogen) atoms. The molecule has 0 fully saturated rings. The fourth-order valence-corrected chi connectivity index (χ4v) is 2.43. The number of nitrogens with two attached hydrogens (primary N) is 1. The van der Waals surface area contributed by atoms with Crippen LogP contribution in [0.3, 0.4) is 0 Å². The van der Waals surface area contributed by atoms with E-state index in [1.807, 2.05) is 57.2 Å². The van der Waals surface area contributed by atoms with Gasteiger partial charge in [0.2, 0.25) is 0 Å². The minimum Gasteiger partial charge on any atom is -0.444 e. The average molecular weight is 420 g/mol. The van der Waals surface area contributed by atoms with E-state index in [2.05, 4.69) is 25.5 Å². The molecule has 0 saturated carbocycles. The Morgan fingerprint density at radius 3 is 1.77 bits per heavy atom. The molecular weight excluding hydrogens is 396 g/mol. The van der Waals surface area contributed by atoms with Crippen LogP contribution in [0.1, 0.15) is 20.8 Å². The molecule has 160 valence electrons. The molecule has 10 nitrogen and oxygen atoms in total. The van der Waals surface area contributed by atoms with Crippen molar-refractivity contribution in [1.82, 2.24) is 29.5 Å². The third-order valence-corrected chi connectivity index (χ3v) is 3.77. The molecule has 3 N–H and O–H groups in total. The van der Waals surface area contributed by atoms with Crippen molar-refractivity contribution in [3.05, 3.63) is 73.8 Å². The Balaban J connectivity index is 0.000000194. The van der Waals surface area contributed by atoms with E-state index in [-0.39, 0.29) is 0 Å². The van der Waals surface area contributed by atoms with Crippen molar-refractivity contribution in [2.45, 2.75) is 26.4 Å². The number of nitrogens with zero attached hydrogens (tertiary/aromatic N) is 6. The Morgan fingerprint density at radius 1 is 0.871 bits per heavy atom. The number of carbonyl (C=O) groups excluding carboxylic acids is 1. The van der Waals surface area contributed by atoms with Gasteiger partial charge in [0.15, 0.2) is 0 Å². The maximum Gasteiger partial charge on any atom is 0.412 e. The molecule has 4 aromatic rings. The zero-order chi connectivity index (χ0) is 22.3. The fourth-order valence-electron chi connectivity index (χ4n) is 2.43. The number of ether oxygens (including phenoxy) is 1. The summed E-state index contributed by atoms with van der Waals surface area (Å²) in [4.78, 5) is 19.3. The van der Waals surface area contributed by atoms with Gasteiger partial charge in [-0.05, 0) is 69.3 Å². The topological polar surface area (TPSA) is 126 Å². The molecule has 0 saturated heterocycles. The molecule has 10 heteroatoms. The van der Waals surface area contributed by atoms with E-state index in [0.29, 0.717) is 5.69 Å². The van der Waals surface area contributed by atoms with Gasteiger partial charge >= 0.3 is 6.09 Å². The predicted octanol–water partition coefficient (Wildman–Crippen LogP) is 3.46. The zero-order valence-electron chi connectivity index (χ0n) is 17.5. The lowest BCUT2D eigenvalue weighted by Crippen LogP contribution is -2.27. The Hall–Kier alpha value is -4.21. The number of hydrogen-bond donors (Lipinski definition) is 2. The summed E-state index contributed by atoms with van der Waals surface area (Å²) in [5, 5.41) is 10.7. The molecule has 0 aliphatic carbocycles. The van der Waals surface area contributed by atoms with E-state index in [4.69, 9.17) is 10.5 Å². The van der Waals surface area contributed by atoms with Crippen molar-refractivity contribution in [3.8, 4) is 11.4 Å². The third-order valence-electron chi connectivity index (χ3n) is 3.77. The van der Waals surface area contributed by atoms with Crippen LogP contribution in [0, 0.1) is 0 Å². The summed E-state index contributed by atoms with van der Waals surface area (Å²) >= 11 is 0. The second-order valence-corrected chi connectivity index (χ2v) is 7.45. The van der Waals surface area contributed by atoms with Gasteiger partial charge in [0, 0.05) is 11.4 Å².